The quantitative estimate of drug-likeness (QED) is 0.912. The maximum atomic E-state index is 12.1. The van der Waals surface area contributed by atoms with Gasteiger partial charge in [0, 0.05) is 37.2 Å². The highest BCUT2D eigenvalue weighted by Gasteiger charge is 2.24. The molecule has 0 aliphatic carbocycles. The van der Waals surface area contributed by atoms with Crippen LogP contribution in [0.15, 0.2) is 36.5 Å². The molecule has 5 heteroatoms. The van der Waals surface area contributed by atoms with E-state index in [0.29, 0.717) is 6.54 Å². The van der Waals surface area contributed by atoms with Gasteiger partial charge >= 0.3 is 6.03 Å². The van der Waals surface area contributed by atoms with E-state index in [9.17, 15) is 4.79 Å². The van der Waals surface area contributed by atoms with Crippen LogP contribution >= 0.6 is 0 Å². The van der Waals surface area contributed by atoms with E-state index in [4.69, 9.17) is 0 Å². The van der Waals surface area contributed by atoms with E-state index in [2.05, 4.69) is 39.9 Å². The highest BCUT2D eigenvalue weighted by molar-refractivity contribution is 5.94. The molecule has 2 N–H and O–H groups in total. The number of benzene rings is 1. The Morgan fingerprint density at radius 3 is 3.00 bits per heavy atom. The molecule has 3 rings (SSSR count). The van der Waals surface area contributed by atoms with Crippen molar-refractivity contribution in [2.24, 2.45) is 0 Å². The SMILES string of the molecule is CCNC(=O)N1CCc2ccc(NCc3cccnc3C)cc21. The van der Waals surface area contributed by atoms with Crippen LogP contribution in [0.3, 0.4) is 0 Å². The summed E-state index contributed by atoms with van der Waals surface area (Å²) in [5, 5.41) is 6.30. The molecule has 0 spiro atoms. The molecule has 0 radical (unpaired) electrons. The number of nitrogens with zero attached hydrogens (tertiary/aromatic N) is 2. The van der Waals surface area contributed by atoms with Gasteiger partial charge in [-0.05, 0) is 49.6 Å². The Kier molecular flexibility index (Phi) is 4.46. The number of carbonyl (C=O) groups is 1. The molecule has 5 nitrogen and oxygen atoms in total. The lowest BCUT2D eigenvalue weighted by Gasteiger charge is -2.18. The topological polar surface area (TPSA) is 57.3 Å². The van der Waals surface area contributed by atoms with Crippen LogP contribution in [0.4, 0.5) is 16.2 Å². The van der Waals surface area contributed by atoms with Crippen molar-refractivity contribution in [3.63, 3.8) is 0 Å². The maximum absolute atomic E-state index is 12.1. The minimum atomic E-state index is -0.0218. The average molecular weight is 310 g/mol. The molecular weight excluding hydrogens is 288 g/mol. The second-order valence-corrected chi connectivity index (χ2v) is 5.68. The van der Waals surface area contributed by atoms with Gasteiger partial charge in [-0.2, -0.15) is 0 Å². The summed E-state index contributed by atoms with van der Waals surface area (Å²) >= 11 is 0. The van der Waals surface area contributed by atoms with Crippen LogP contribution in [-0.2, 0) is 13.0 Å². The summed E-state index contributed by atoms with van der Waals surface area (Å²) in [5.74, 6) is 0. The first-order chi connectivity index (χ1) is 11.2. The van der Waals surface area contributed by atoms with E-state index in [1.54, 1.807) is 6.20 Å². The fraction of sp³-hybridized carbons (Fsp3) is 0.333. The zero-order valence-corrected chi connectivity index (χ0v) is 13.6. The van der Waals surface area contributed by atoms with E-state index in [1.165, 1.54) is 11.1 Å². The van der Waals surface area contributed by atoms with Crippen molar-refractivity contribution >= 4 is 17.4 Å². The number of fused-ring (bicyclic) bond motifs is 1. The first kappa shape index (κ1) is 15.3. The van der Waals surface area contributed by atoms with Crippen molar-refractivity contribution in [3.8, 4) is 0 Å². The molecule has 0 atom stereocenters. The van der Waals surface area contributed by atoms with Crippen molar-refractivity contribution in [3.05, 3.63) is 53.3 Å². The number of nitrogens with one attached hydrogen (secondary N) is 2. The summed E-state index contributed by atoms with van der Waals surface area (Å²) in [7, 11) is 0. The zero-order chi connectivity index (χ0) is 16.2. The van der Waals surface area contributed by atoms with Gasteiger partial charge in [0.15, 0.2) is 0 Å². The molecule has 2 amide bonds. The zero-order valence-electron chi connectivity index (χ0n) is 13.6. The fourth-order valence-electron chi connectivity index (χ4n) is 2.85. The molecule has 0 saturated carbocycles. The van der Waals surface area contributed by atoms with Gasteiger partial charge in [-0.3, -0.25) is 9.88 Å². The standard InChI is InChI=1S/C18H22N4O/c1-3-19-18(23)22-10-8-14-6-7-16(11-17(14)22)21-12-15-5-4-9-20-13(15)2/h4-7,9,11,21H,3,8,10,12H2,1-2H3,(H,19,23). The highest BCUT2D eigenvalue weighted by atomic mass is 16.2. The van der Waals surface area contributed by atoms with Crippen molar-refractivity contribution in [2.45, 2.75) is 26.8 Å². The van der Waals surface area contributed by atoms with Crippen LogP contribution in [0.5, 0.6) is 0 Å². The van der Waals surface area contributed by atoms with Crippen LogP contribution < -0.4 is 15.5 Å². The third-order valence-corrected chi connectivity index (χ3v) is 4.15. The predicted molar refractivity (Wildman–Crippen MR) is 92.9 cm³/mol. The molecule has 2 aromatic rings. The summed E-state index contributed by atoms with van der Waals surface area (Å²) in [4.78, 5) is 18.3. The van der Waals surface area contributed by atoms with Gasteiger partial charge in [0.05, 0.1) is 5.69 Å². The van der Waals surface area contributed by atoms with E-state index in [-0.39, 0.29) is 6.03 Å². The first-order valence-corrected chi connectivity index (χ1v) is 8.01. The normalized spacial score (nSPS) is 12.9. The van der Waals surface area contributed by atoms with Crippen LogP contribution in [0.1, 0.15) is 23.7 Å². The molecule has 0 fully saturated rings. The Labute approximate surface area is 136 Å². The Morgan fingerprint density at radius 1 is 1.35 bits per heavy atom. The largest absolute Gasteiger partial charge is 0.381 e. The number of hydrogen-bond acceptors (Lipinski definition) is 3. The second-order valence-electron chi connectivity index (χ2n) is 5.68. The smallest absolute Gasteiger partial charge is 0.321 e. The number of hydrogen-bond donors (Lipinski definition) is 2. The van der Waals surface area contributed by atoms with Crippen molar-refractivity contribution < 1.29 is 4.79 Å². The van der Waals surface area contributed by atoms with Crippen LogP contribution in [0.2, 0.25) is 0 Å². The van der Waals surface area contributed by atoms with Crippen LogP contribution in [0, 0.1) is 6.92 Å². The number of carbonyl (C=O) groups excluding carboxylic acids is 1. The van der Waals surface area contributed by atoms with Gasteiger partial charge in [-0.1, -0.05) is 12.1 Å². The minimum Gasteiger partial charge on any atom is -0.381 e. The Bertz CT molecular complexity index is 714. The third-order valence-electron chi connectivity index (χ3n) is 4.15. The van der Waals surface area contributed by atoms with E-state index >= 15 is 0 Å². The van der Waals surface area contributed by atoms with E-state index < -0.39 is 0 Å². The van der Waals surface area contributed by atoms with Gasteiger partial charge in [0.2, 0.25) is 0 Å². The van der Waals surface area contributed by atoms with Crippen molar-refractivity contribution in [2.75, 3.05) is 23.3 Å². The number of aryl methyl sites for hydroxylation is 1. The van der Waals surface area contributed by atoms with Gasteiger partial charge in [0.1, 0.15) is 0 Å². The lowest BCUT2D eigenvalue weighted by Crippen LogP contribution is -2.38. The lowest BCUT2D eigenvalue weighted by molar-refractivity contribution is 0.247. The third kappa shape index (κ3) is 3.28. The molecule has 0 unspecified atom stereocenters. The Balaban J connectivity index is 1.74. The fourth-order valence-corrected chi connectivity index (χ4v) is 2.85. The number of urea groups is 1. The van der Waals surface area contributed by atoms with Crippen molar-refractivity contribution in [1.82, 2.24) is 10.3 Å². The predicted octanol–water partition coefficient (Wildman–Crippen LogP) is 3.09. The summed E-state index contributed by atoms with van der Waals surface area (Å²) in [6, 6.07) is 10.2. The average Bonchev–Trinajstić information content (AvgIpc) is 2.97. The number of rotatable bonds is 4. The van der Waals surface area contributed by atoms with Crippen LogP contribution in [0.25, 0.3) is 0 Å². The van der Waals surface area contributed by atoms with Gasteiger partial charge < -0.3 is 10.6 Å². The molecule has 2 heterocycles. The van der Waals surface area contributed by atoms with E-state index in [1.807, 2.05) is 24.8 Å². The van der Waals surface area contributed by atoms with E-state index in [0.717, 1.165) is 36.6 Å². The molecule has 1 aliphatic rings. The molecule has 120 valence electrons. The molecular formula is C18H22N4O. The molecule has 1 aliphatic heterocycles. The molecule has 1 aromatic heterocycles. The monoisotopic (exact) mass is 310 g/mol. The highest BCUT2D eigenvalue weighted by Crippen LogP contribution is 2.31. The summed E-state index contributed by atoms with van der Waals surface area (Å²) in [6.07, 6.45) is 2.72. The second kappa shape index (κ2) is 6.69. The Morgan fingerprint density at radius 2 is 2.22 bits per heavy atom. The maximum Gasteiger partial charge on any atom is 0.321 e. The first-order valence-electron chi connectivity index (χ1n) is 8.01. The summed E-state index contributed by atoms with van der Waals surface area (Å²) in [6.45, 7) is 6.05. The van der Waals surface area contributed by atoms with Gasteiger partial charge in [-0.25, -0.2) is 4.79 Å². The number of anilines is 2. The number of pyridine rings is 1. The molecule has 23 heavy (non-hydrogen) atoms. The molecule has 1 aromatic carbocycles. The molecule has 0 saturated heterocycles. The lowest BCUT2D eigenvalue weighted by atomic mass is 10.1. The molecule has 0 bridgehead atoms. The minimum absolute atomic E-state index is 0.0218. The van der Waals surface area contributed by atoms with Crippen molar-refractivity contribution in [1.29, 1.82) is 0 Å². The van der Waals surface area contributed by atoms with Gasteiger partial charge in [-0.15, -0.1) is 0 Å². The van der Waals surface area contributed by atoms with Crippen LogP contribution in [-0.4, -0.2) is 24.1 Å². The summed E-state index contributed by atoms with van der Waals surface area (Å²) in [5.41, 5.74) is 5.45. The Hall–Kier alpha value is -2.56. The number of amides is 2. The van der Waals surface area contributed by atoms with Gasteiger partial charge in [0.25, 0.3) is 0 Å². The summed E-state index contributed by atoms with van der Waals surface area (Å²) < 4.78 is 0. The number of aromatic nitrogens is 1.